The second-order valence-electron chi connectivity index (χ2n) is 5.15. The Labute approximate surface area is 122 Å². The number of nitrogens with zero attached hydrogens (tertiary/aromatic N) is 1. The van der Waals surface area contributed by atoms with Gasteiger partial charge in [-0.05, 0) is 19.3 Å². The summed E-state index contributed by atoms with van der Waals surface area (Å²) in [6, 6.07) is 0. The standard InChI is InChI=1S/C13H19F2NO4S/c14-13(15)8-19-6-7-21(17,18)9-11-10-4-2-1-3-5-12(10)20-16-11/h13H,1-9H2. The zero-order valence-corrected chi connectivity index (χ0v) is 12.5. The molecule has 0 fully saturated rings. The van der Waals surface area contributed by atoms with Gasteiger partial charge in [0.2, 0.25) is 0 Å². The largest absolute Gasteiger partial charge is 0.374 e. The van der Waals surface area contributed by atoms with Gasteiger partial charge in [-0.25, -0.2) is 17.2 Å². The van der Waals surface area contributed by atoms with Gasteiger partial charge in [-0.3, -0.25) is 0 Å². The molecule has 0 spiro atoms. The van der Waals surface area contributed by atoms with Gasteiger partial charge in [0, 0.05) is 12.0 Å². The number of aryl methyl sites for hydroxylation is 1. The zero-order valence-electron chi connectivity index (χ0n) is 11.7. The average molecular weight is 323 g/mol. The van der Waals surface area contributed by atoms with E-state index in [1.165, 1.54) is 0 Å². The van der Waals surface area contributed by atoms with Crippen molar-refractivity contribution < 1.29 is 26.5 Å². The highest BCUT2D eigenvalue weighted by Gasteiger charge is 2.22. The number of aromatic nitrogens is 1. The third-order valence-electron chi connectivity index (χ3n) is 3.42. The Hall–Kier alpha value is -1.02. The van der Waals surface area contributed by atoms with Crippen LogP contribution in [0.25, 0.3) is 0 Å². The van der Waals surface area contributed by atoms with Crippen molar-refractivity contribution in [2.75, 3.05) is 19.0 Å². The Morgan fingerprint density at radius 2 is 2.00 bits per heavy atom. The highest BCUT2D eigenvalue weighted by molar-refractivity contribution is 7.90. The maximum atomic E-state index is 12.0. The van der Waals surface area contributed by atoms with Crippen LogP contribution in [0, 0.1) is 0 Å². The molecule has 21 heavy (non-hydrogen) atoms. The number of hydrogen-bond donors (Lipinski definition) is 0. The lowest BCUT2D eigenvalue weighted by Crippen LogP contribution is -2.17. The van der Waals surface area contributed by atoms with Gasteiger partial charge in [-0.2, -0.15) is 0 Å². The summed E-state index contributed by atoms with van der Waals surface area (Å²) in [5, 5.41) is 3.87. The second kappa shape index (κ2) is 7.31. The van der Waals surface area contributed by atoms with Crippen molar-refractivity contribution in [2.24, 2.45) is 0 Å². The molecule has 120 valence electrons. The molecule has 0 aromatic carbocycles. The van der Waals surface area contributed by atoms with Crippen LogP contribution in [-0.2, 0) is 33.2 Å². The van der Waals surface area contributed by atoms with E-state index in [0.29, 0.717) is 5.69 Å². The molecule has 0 aliphatic heterocycles. The van der Waals surface area contributed by atoms with E-state index in [2.05, 4.69) is 9.89 Å². The van der Waals surface area contributed by atoms with Crippen molar-refractivity contribution in [3.63, 3.8) is 0 Å². The molecule has 1 aromatic heterocycles. The number of rotatable bonds is 7. The topological polar surface area (TPSA) is 69.4 Å². The maximum Gasteiger partial charge on any atom is 0.261 e. The fourth-order valence-corrected chi connectivity index (χ4v) is 3.54. The number of fused-ring (bicyclic) bond motifs is 1. The number of hydrogen-bond acceptors (Lipinski definition) is 5. The molecule has 1 aromatic rings. The molecule has 1 aliphatic carbocycles. The lowest BCUT2D eigenvalue weighted by atomic mass is 10.1. The molecule has 0 radical (unpaired) electrons. The average Bonchev–Trinajstić information content (AvgIpc) is 2.63. The molecule has 8 heteroatoms. The van der Waals surface area contributed by atoms with Crippen LogP contribution in [-0.4, -0.2) is 39.0 Å². The first kappa shape index (κ1) is 16.4. The van der Waals surface area contributed by atoms with E-state index in [4.69, 9.17) is 4.52 Å². The van der Waals surface area contributed by atoms with Gasteiger partial charge in [0.05, 0.1) is 18.1 Å². The summed E-state index contributed by atoms with van der Waals surface area (Å²) in [5.41, 5.74) is 1.37. The van der Waals surface area contributed by atoms with Crippen molar-refractivity contribution in [1.29, 1.82) is 0 Å². The fourth-order valence-electron chi connectivity index (χ4n) is 2.38. The van der Waals surface area contributed by atoms with E-state index in [9.17, 15) is 17.2 Å². The van der Waals surface area contributed by atoms with E-state index < -0.39 is 22.9 Å². The third-order valence-corrected chi connectivity index (χ3v) is 4.92. The molecular weight excluding hydrogens is 304 g/mol. The highest BCUT2D eigenvalue weighted by Crippen LogP contribution is 2.24. The SMILES string of the molecule is O=S(=O)(CCOCC(F)F)Cc1noc2c1CCCCC2. The molecule has 0 unspecified atom stereocenters. The van der Waals surface area contributed by atoms with Crippen LogP contribution in [0.2, 0.25) is 0 Å². The number of sulfone groups is 1. The first-order chi connectivity index (χ1) is 9.98. The number of halogens is 2. The smallest absolute Gasteiger partial charge is 0.261 e. The lowest BCUT2D eigenvalue weighted by Gasteiger charge is -2.05. The molecule has 0 atom stereocenters. The van der Waals surface area contributed by atoms with Gasteiger partial charge in [-0.15, -0.1) is 0 Å². The van der Waals surface area contributed by atoms with Gasteiger partial charge in [-0.1, -0.05) is 11.6 Å². The van der Waals surface area contributed by atoms with Gasteiger partial charge in [0.1, 0.15) is 18.1 Å². The highest BCUT2D eigenvalue weighted by atomic mass is 32.2. The molecule has 0 saturated carbocycles. The summed E-state index contributed by atoms with van der Waals surface area (Å²) >= 11 is 0. The Morgan fingerprint density at radius 1 is 1.24 bits per heavy atom. The molecule has 0 amide bonds. The van der Waals surface area contributed by atoms with Crippen LogP contribution in [0.1, 0.15) is 36.3 Å². The molecule has 5 nitrogen and oxygen atoms in total. The second-order valence-corrected chi connectivity index (χ2v) is 7.33. The quantitative estimate of drug-likeness (QED) is 0.568. The molecule has 1 aliphatic rings. The fraction of sp³-hybridized carbons (Fsp3) is 0.769. The van der Waals surface area contributed by atoms with Crippen LogP contribution >= 0.6 is 0 Å². The van der Waals surface area contributed by atoms with E-state index in [0.717, 1.165) is 43.4 Å². The van der Waals surface area contributed by atoms with E-state index >= 15 is 0 Å². The third kappa shape index (κ3) is 5.03. The van der Waals surface area contributed by atoms with E-state index in [-0.39, 0.29) is 18.1 Å². The Morgan fingerprint density at radius 3 is 2.76 bits per heavy atom. The monoisotopic (exact) mass is 323 g/mol. The first-order valence-electron chi connectivity index (χ1n) is 7.00. The van der Waals surface area contributed by atoms with E-state index in [1.54, 1.807) is 0 Å². The molecule has 2 rings (SSSR count). The summed E-state index contributed by atoms with van der Waals surface area (Å²) in [6.07, 6.45) is 2.11. The van der Waals surface area contributed by atoms with Crippen molar-refractivity contribution in [3.05, 3.63) is 17.0 Å². The van der Waals surface area contributed by atoms with Gasteiger partial charge < -0.3 is 9.26 Å². The van der Waals surface area contributed by atoms with Crippen LogP contribution in [0.4, 0.5) is 8.78 Å². The Kier molecular flexibility index (Phi) is 5.69. The summed E-state index contributed by atoms with van der Waals surface area (Å²) in [6.45, 7) is -0.971. The van der Waals surface area contributed by atoms with Gasteiger partial charge >= 0.3 is 0 Å². The minimum Gasteiger partial charge on any atom is -0.374 e. The molecule has 0 bridgehead atoms. The normalized spacial score (nSPS) is 16.0. The summed E-state index contributed by atoms with van der Waals surface area (Å²) < 4.78 is 57.5. The lowest BCUT2D eigenvalue weighted by molar-refractivity contribution is 0.0233. The zero-order chi connectivity index (χ0) is 15.3. The predicted octanol–water partition coefficient (Wildman–Crippen LogP) is 2.14. The van der Waals surface area contributed by atoms with Crippen LogP contribution in [0.3, 0.4) is 0 Å². The maximum absolute atomic E-state index is 12.0. The summed E-state index contributed by atoms with van der Waals surface area (Å²) in [7, 11) is -3.44. The molecular formula is C13H19F2NO4S. The van der Waals surface area contributed by atoms with Crippen LogP contribution in [0.15, 0.2) is 4.52 Å². The first-order valence-corrected chi connectivity index (χ1v) is 8.83. The van der Waals surface area contributed by atoms with Gasteiger partial charge in [0.15, 0.2) is 9.84 Å². The minimum atomic E-state index is -3.44. The summed E-state index contributed by atoms with van der Waals surface area (Å²) in [4.78, 5) is 0. The van der Waals surface area contributed by atoms with Crippen molar-refractivity contribution >= 4 is 9.84 Å². The Bertz CT molecular complexity index is 557. The molecule has 1 heterocycles. The minimum absolute atomic E-state index is 0.218. The van der Waals surface area contributed by atoms with Gasteiger partial charge in [0.25, 0.3) is 6.43 Å². The van der Waals surface area contributed by atoms with Crippen LogP contribution < -0.4 is 0 Å². The van der Waals surface area contributed by atoms with Crippen molar-refractivity contribution in [2.45, 2.75) is 44.3 Å². The Balaban J connectivity index is 1.92. The van der Waals surface area contributed by atoms with Crippen LogP contribution in [0.5, 0.6) is 0 Å². The van der Waals surface area contributed by atoms with Crippen molar-refractivity contribution in [3.8, 4) is 0 Å². The molecule has 0 saturated heterocycles. The molecule has 0 N–H and O–H groups in total. The predicted molar refractivity (Wildman–Crippen MR) is 72.1 cm³/mol. The van der Waals surface area contributed by atoms with E-state index in [1.807, 2.05) is 0 Å². The number of alkyl halides is 2. The van der Waals surface area contributed by atoms with Crippen molar-refractivity contribution in [1.82, 2.24) is 5.16 Å². The number of ether oxygens (including phenoxy) is 1. The summed E-state index contributed by atoms with van der Waals surface area (Å²) in [5.74, 6) is 0.275.